The Hall–Kier alpha value is -3.74. The molecule has 0 atom stereocenters. The summed E-state index contributed by atoms with van der Waals surface area (Å²) in [6.45, 7) is -0.337. The maximum Gasteiger partial charge on any atom is 0.331 e. The zero-order valence-electron chi connectivity index (χ0n) is 14.8. The first-order valence-electron chi connectivity index (χ1n) is 8.39. The molecule has 0 saturated carbocycles. The number of carboxylic acids is 1. The highest BCUT2D eigenvalue weighted by molar-refractivity contribution is 5.92. The minimum atomic E-state index is -1.30. The van der Waals surface area contributed by atoms with Crippen molar-refractivity contribution in [1.29, 1.82) is 0 Å². The molecule has 2 aromatic carbocycles. The van der Waals surface area contributed by atoms with Gasteiger partial charge in [0, 0.05) is 12.2 Å². The third kappa shape index (κ3) is 6.53. The van der Waals surface area contributed by atoms with Crippen LogP contribution in [-0.4, -0.2) is 35.6 Å². The van der Waals surface area contributed by atoms with Gasteiger partial charge in [0.25, 0.3) is 0 Å². The molecule has 0 aliphatic rings. The predicted molar refractivity (Wildman–Crippen MR) is 98.2 cm³/mol. The van der Waals surface area contributed by atoms with Gasteiger partial charge in [-0.3, -0.25) is 9.59 Å². The molecule has 0 unspecified atom stereocenters. The molecular formula is C21H18O7. The van der Waals surface area contributed by atoms with Crippen LogP contribution in [0.3, 0.4) is 0 Å². The summed E-state index contributed by atoms with van der Waals surface area (Å²) in [6, 6.07) is 17.8. The normalized spacial score (nSPS) is 10.6. The van der Waals surface area contributed by atoms with Crippen LogP contribution in [0.1, 0.15) is 23.5 Å². The van der Waals surface area contributed by atoms with E-state index in [1.54, 1.807) is 48.5 Å². The lowest BCUT2D eigenvalue weighted by Crippen LogP contribution is -2.22. The van der Waals surface area contributed by atoms with Crippen molar-refractivity contribution >= 4 is 23.9 Å². The highest BCUT2D eigenvalue weighted by Gasteiger charge is 2.26. The van der Waals surface area contributed by atoms with E-state index < -0.39 is 29.8 Å². The Kier molecular flexibility index (Phi) is 7.65. The number of rotatable bonds is 8. The van der Waals surface area contributed by atoms with Crippen LogP contribution in [0.25, 0.3) is 0 Å². The Bertz CT molecular complexity index is 817. The third-order valence-electron chi connectivity index (χ3n) is 3.63. The molecule has 0 aliphatic carbocycles. The van der Waals surface area contributed by atoms with Crippen molar-refractivity contribution in [2.24, 2.45) is 0 Å². The monoisotopic (exact) mass is 382 g/mol. The van der Waals surface area contributed by atoms with Gasteiger partial charge in [-0.05, 0) is 11.1 Å². The summed E-state index contributed by atoms with van der Waals surface area (Å²) in [6.07, 6.45) is 1.00. The van der Waals surface area contributed by atoms with Crippen molar-refractivity contribution in [1.82, 2.24) is 0 Å². The first-order chi connectivity index (χ1) is 13.5. The Morgan fingerprint density at radius 2 is 1.39 bits per heavy atom. The fourth-order valence-electron chi connectivity index (χ4n) is 2.40. The molecule has 2 aromatic rings. The molecule has 0 spiro atoms. The van der Waals surface area contributed by atoms with Crippen LogP contribution in [-0.2, 0) is 28.7 Å². The summed E-state index contributed by atoms with van der Waals surface area (Å²) in [5.41, 5.74) is 1.36. The number of hydrogen-bond acceptors (Lipinski definition) is 6. The van der Waals surface area contributed by atoms with E-state index in [1.807, 2.05) is 12.1 Å². The largest absolute Gasteiger partial charge is 0.478 e. The van der Waals surface area contributed by atoms with Gasteiger partial charge < -0.3 is 14.6 Å². The zero-order chi connectivity index (χ0) is 20.4. The molecule has 7 nitrogen and oxygen atoms in total. The van der Waals surface area contributed by atoms with Crippen LogP contribution in [0.15, 0.2) is 72.8 Å². The van der Waals surface area contributed by atoms with Crippen molar-refractivity contribution < 1.29 is 33.8 Å². The summed E-state index contributed by atoms with van der Waals surface area (Å²) >= 11 is 0. The fraction of sp³-hybridized carbons (Fsp3) is 0.143. The average molecular weight is 382 g/mol. The van der Waals surface area contributed by atoms with E-state index in [9.17, 15) is 19.2 Å². The van der Waals surface area contributed by atoms with E-state index in [-0.39, 0.29) is 13.0 Å². The van der Waals surface area contributed by atoms with Gasteiger partial charge in [-0.15, -0.1) is 0 Å². The lowest BCUT2D eigenvalue weighted by Gasteiger charge is -2.16. The topological polar surface area (TPSA) is 107 Å². The van der Waals surface area contributed by atoms with E-state index in [2.05, 4.69) is 4.74 Å². The van der Waals surface area contributed by atoms with Gasteiger partial charge in [0.2, 0.25) is 0 Å². The second kappa shape index (κ2) is 10.4. The van der Waals surface area contributed by atoms with Gasteiger partial charge in [0.15, 0.2) is 0 Å². The van der Waals surface area contributed by atoms with Gasteiger partial charge in [0.1, 0.15) is 12.5 Å². The third-order valence-corrected chi connectivity index (χ3v) is 3.63. The summed E-state index contributed by atoms with van der Waals surface area (Å²) in [7, 11) is 0. The minimum absolute atomic E-state index is 0.337. The number of aliphatic carboxylic acids is 1. The minimum Gasteiger partial charge on any atom is -0.478 e. The maximum atomic E-state index is 12.6. The average Bonchev–Trinajstić information content (AvgIpc) is 2.68. The molecule has 2 rings (SSSR count). The lowest BCUT2D eigenvalue weighted by atomic mass is 9.91. The molecular weight excluding hydrogens is 364 g/mol. The summed E-state index contributed by atoms with van der Waals surface area (Å²) in [4.78, 5) is 46.1. The molecule has 28 heavy (non-hydrogen) atoms. The number of carbonyl (C=O) groups is 4. The van der Waals surface area contributed by atoms with Crippen molar-refractivity contribution in [3.8, 4) is 0 Å². The van der Waals surface area contributed by atoms with Crippen molar-refractivity contribution in [2.45, 2.75) is 12.3 Å². The van der Waals surface area contributed by atoms with E-state index >= 15 is 0 Å². The highest BCUT2D eigenvalue weighted by Crippen LogP contribution is 2.26. The van der Waals surface area contributed by atoms with Crippen molar-refractivity contribution in [3.05, 3.63) is 83.9 Å². The highest BCUT2D eigenvalue weighted by atomic mass is 16.6. The first-order valence-corrected chi connectivity index (χ1v) is 8.39. The van der Waals surface area contributed by atoms with Crippen molar-refractivity contribution in [2.75, 3.05) is 6.61 Å². The standard InChI is InChI=1S/C21H18O7/c22-17(23)11-12-18(24)27-14-13-19(25)28-21(26)20(15-7-3-1-4-8-15)16-9-5-2-6-10-16/h1-12,20H,13-14H2,(H,22,23)/b12-11+. The molecule has 1 N–H and O–H groups in total. The molecule has 0 fully saturated rings. The molecule has 0 bridgehead atoms. The molecule has 0 aromatic heterocycles. The number of carbonyl (C=O) groups excluding carboxylic acids is 3. The summed E-state index contributed by atoms with van der Waals surface area (Å²) in [5.74, 6) is -4.56. The smallest absolute Gasteiger partial charge is 0.331 e. The summed E-state index contributed by atoms with van der Waals surface area (Å²) < 4.78 is 9.59. The number of carboxylic acid groups (broad SMARTS) is 1. The predicted octanol–water partition coefficient (Wildman–Crippen LogP) is 2.46. The second-order valence-electron chi connectivity index (χ2n) is 5.64. The Labute approximate surface area is 161 Å². The van der Waals surface area contributed by atoms with Gasteiger partial charge in [0.05, 0.1) is 6.42 Å². The quantitative estimate of drug-likeness (QED) is 0.424. The fourth-order valence-corrected chi connectivity index (χ4v) is 2.40. The molecule has 0 radical (unpaired) electrons. The van der Waals surface area contributed by atoms with Crippen LogP contribution in [0.4, 0.5) is 0 Å². The number of esters is 3. The number of hydrogen-bond donors (Lipinski definition) is 1. The molecule has 0 aliphatic heterocycles. The zero-order valence-corrected chi connectivity index (χ0v) is 14.8. The Morgan fingerprint density at radius 1 is 0.857 bits per heavy atom. The number of benzene rings is 2. The van der Waals surface area contributed by atoms with E-state index in [1.165, 1.54) is 0 Å². The molecule has 144 valence electrons. The van der Waals surface area contributed by atoms with Gasteiger partial charge >= 0.3 is 23.9 Å². The van der Waals surface area contributed by atoms with E-state index in [0.717, 1.165) is 6.08 Å². The maximum absolute atomic E-state index is 12.6. The lowest BCUT2D eigenvalue weighted by molar-refractivity contribution is -0.161. The summed E-state index contributed by atoms with van der Waals surface area (Å²) in [5, 5.41) is 8.41. The Morgan fingerprint density at radius 3 is 1.89 bits per heavy atom. The molecule has 0 saturated heterocycles. The molecule has 7 heteroatoms. The van der Waals surface area contributed by atoms with Gasteiger partial charge in [-0.25, -0.2) is 9.59 Å². The van der Waals surface area contributed by atoms with E-state index in [0.29, 0.717) is 17.2 Å². The van der Waals surface area contributed by atoms with Gasteiger partial charge in [-0.2, -0.15) is 0 Å². The van der Waals surface area contributed by atoms with Crippen LogP contribution < -0.4 is 0 Å². The van der Waals surface area contributed by atoms with E-state index in [4.69, 9.17) is 9.84 Å². The molecule has 0 heterocycles. The van der Waals surface area contributed by atoms with Crippen molar-refractivity contribution in [3.63, 3.8) is 0 Å². The Balaban J connectivity index is 1.97. The van der Waals surface area contributed by atoms with Crippen LogP contribution in [0, 0.1) is 0 Å². The van der Waals surface area contributed by atoms with Crippen LogP contribution in [0.5, 0.6) is 0 Å². The number of ether oxygens (including phenoxy) is 2. The van der Waals surface area contributed by atoms with Crippen LogP contribution in [0.2, 0.25) is 0 Å². The molecule has 0 amide bonds. The second-order valence-corrected chi connectivity index (χ2v) is 5.64. The van der Waals surface area contributed by atoms with Crippen LogP contribution >= 0.6 is 0 Å². The SMILES string of the molecule is O=C(O)/C=C/C(=O)OCCC(=O)OC(=O)C(c1ccccc1)c1ccccc1. The van der Waals surface area contributed by atoms with Gasteiger partial charge in [-0.1, -0.05) is 60.7 Å². The first kappa shape index (κ1) is 20.6.